The number of ether oxygens (including phenoxy) is 1. The molecule has 0 unspecified atom stereocenters. The smallest absolute Gasteiger partial charge is 0.262 e. The number of H-pyrrole nitrogens is 1. The fourth-order valence-corrected chi connectivity index (χ4v) is 2.00. The highest BCUT2D eigenvalue weighted by Gasteiger charge is 2.34. The number of aromatic amines is 1. The summed E-state index contributed by atoms with van der Waals surface area (Å²) in [4.78, 5) is 4.33. The van der Waals surface area contributed by atoms with E-state index in [0.717, 1.165) is 12.8 Å². The van der Waals surface area contributed by atoms with Gasteiger partial charge in [0.25, 0.3) is 5.89 Å². The first-order valence-corrected chi connectivity index (χ1v) is 6.04. The molecule has 2 heterocycles. The molecule has 0 radical (unpaired) electrons. The van der Waals surface area contributed by atoms with Gasteiger partial charge in [-0.15, -0.1) is 0 Å². The SMILES string of the molecule is CCC(CC)(OC)c1noc(-c2cn[nH]c2C#N)n1. The molecule has 0 atom stereocenters. The van der Waals surface area contributed by atoms with Crippen molar-refractivity contribution in [2.24, 2.45) is 0 Å². The number of nitriles is 1. The van der Waals surface area contributed by atoms with Crippen molar-refractivity contribution in [1.29, 1.82) is 5.26 Å². The Bertz CT molecular complexity index is 583. The van der Waals surface area contributed by atoms with Crippen molar-refractivity contribution in [3.8, 4) is 17.5 Å². The van der Waals surface area contributed by atoms with Crippen molar-refractivity contribution >= 4 is 0 Å². The molecule has 100 valence electrons. The van der Waals surface area contributed by atoms with Crippen molar-refractivity contribution in [3.05, 3.63) is 17.7 Å². The molecule has 2 rings (SSSR count). The molecule has 1 N–H and O–H groups in total. The second-order valence-electron chi connectivity index (χ2n) is 4.10. The zero-order valence-electron chi connectivity index (χ0n) is 11.1. The summed E-state index contributed by atoms with van der Waals surface area (Å²) in [6.07, 6.45) is 2.95. The van der Waals surface area contributed by atoms with Crippen LogP contribution in [0, 0.1) is 11.3 Å². The summed E-state index contributed by atoms with van der Waals surface area (Å²) in [6.45, 7) is 4.00. The summed E-state index contributed by atoms with van der Waals surface area (Å²) in [5.41, 5.74) is 0.239. The molecule has 0 bridgehead atoms. The van der Waals surface area contributed by atoms with E-state index in [9.17, 15) is 0 Å². The lowest BCUT2D eigenvalue weighted by Gasteiger charge is -2.25. The van der Waals surface area contributed by atoms with E-state index >= 15 is 0 Å². The second kappa shape index (κ2) is 5.20. The third-order valence-electron chi connectivity index (χ3n) is 3.35. The Hall–Kier alpha value is -2.20. The Morgan fingerprint density at radius 3 is 2.79 bits per heavy atom. The number of nitrogens with zero attached hydrogens (tertiary/aromatic N) is 4. The molecular weight excluding hydrogens is 246 g/mol. The van der Waals surface area contributed by atoms with Crippen LogP contribution in [0.2, 0.25) is 0 Å². The summed E-state index contributed by atoms with van der Waals surface area (Å²) in [6, 6.07) is 1.99. The summed E-state index contributed by atoms with van der Waals surface area (Å²) in [5, 5.41) is 19.3. The summed E-state index contributed by atoms with van der Waals surface area (Å²) < 4.78 is 10.7. The van der Waals surface area contributed by atoms with Crippen LogP contribution in [-0.4, -0.2) is 27.4 Å². The third-order valence-corrected chi connectivity index (χ3v) is 3.35. The normalized spacial score (nSPS) is 11.5. The van der Waals surface area contributed by atoms with Crippen LogP contribution in [0.1, 0.15) is 38.2 Å². The lowest BCUT2D eigenvalue weighted by atomic mass is 9.96. The van der Waals surface area contributed by atoms with E-state index in [0.29, 0.717) is 17.1 Å². The van der Waals surface area contributed by atoms with Gasteiger partial charge >= 0.3 is 0 Å². The van der Waals surface area contributed by atoms with Crippen LogP contribution in [-0.2, 0) is 10.3 Å². The fourth-order valence-electron chi connectivity index (χ4n) is 2.00. The Labute approximate surface area is 110 Å². The molecule has 2 aromatic heterocycles. The molecule has 7 nitrogen and oxygen atoms in total. The number of nitrogens with one attached hydrogen (secondary N) is 1. The second-order valence-corrected chi connectivity index (χ2v) is 4.10. The van der Waals surface area contributed by atoms with Crippen LogP contribution in [0.3, 0.4) is 0 Å². The third kappa shape index (κ3) is 2.11. The van der Waals surface area contributed by atoms with Crippen LogP contribution in [0.5, 0.6) is 0 Å². The topological polar surface area (TPSA) is 101 Å². The Morgan fingerprint density at radius 2 is 2.21 bits per heavy atom. The lowest BCUT2D eigenvalue weighted by Crippen LogP contribution is -2.28. The number of hydrogen-bond acceptors (Lipinski definition) is 6. The highest BCUT2D eigenvalue weighted by molar-refractivity contribution is 5.59. The fraction of sp³-hybridized carbons (Fsp3) is 0.500. The quantitative estimate of drug-likeness (QED) is 0.883. The minimum Gasteiger partial charge on any atom is -0.370 e. The van der Waals surface area contributed by atoms with Gasteiger partial charge in [0.1, 0.15) is 17.4 Å². The maximum absolute atomic E-state index is 8.94. The van der Waals surface area contributed by atoms with Crippen LogP contribution in [0.25, 0.3) is 11.5 Å². The standard InChI is InChI=1S/C12H15N5O2/c1-4-12(5-2,18-3)11-15-10(19-17-11)8-7-14-16-9(8)6-13/h7H,4-5H2,1-3H3,(H,14,16). The molecule has 19 heavy (non-hydrogen) atoms. The maximum atomic E-state index is 8.94. The van der Waals surface area contributed by atoms with E-state index in [1.165, 1.54) is 6.20 Å². The molecule has 0 saturated heterocycles. The average molecular weight is 261 g/mol. The van der Waals surface area contributed by atoms with Gasteiger partial charge in [-0.3, -0.25) is 5.10 Å². The molecule has 0 aliphatic rings. The van der Waals surface area contributed by atoms with Crippen LogP contribution >= 0.6 is 0 Å². The van der Waals surface area contributed by atoms with Crippen molar-refractivity contribution in [2.45, 2.75) is 32.3 Å². The predicted molar refractivity (Wildman–Crippen MR) is 65.9 cm³/mol. The van der Waals surface area contributed by atoms with Crippen LogP contribution in [0.4, 0.5) is 0 Å². The molecule has 0 amide bonds. The van der Waals surface area contributed by atoms with Gasteiger partial charge in [0.05, 0.1) is 11.8 Å². The zero-order chi connectivity index (χ0) is 13.9. The van der Waals surface area contributed by atoms with E-state index in [4.69, 9.17) is 14.5 Å². The van der Waals surface area contributed by atoms with Gasteiger partial charge in [0.2, 0.25) is 5.82 Å². The first-order chi connectivity index (χ1) is 9.20. The Kier molecular flexibility index (Phi) is 3.62. The van der Waals surface area contributed by atoms with E-state index < -0.39 is 5.60 Å². The van der Waals surface area contributed by atoms with Crippen LogP contribution in [0.15, 0.2) is 10.7 Å². The predicted octanol–water partition coefficient (Wildman–Crippen LogP) is 1.99. The maximum Gasteiger partial charge on any atom is 0.262 e. The summed E-state index contributed by atoms with van der Waals surface area (Å²) in [5.74, 6) is 0.753. The van der Waals surface area contributed by atoms with Gasteiger partial charge in [-0.25, -0.2) is 0 Å². The Morgan fingerprint density at radius 1 is 1.47 bits per heavy atom. The number of rotatable bonds is 5. The average Bonchev–Trinajstić information content (AvgIpc) is 3.10. The van der Waals surface area contributed by atoms with Crippen molar-refractivity contribution in [1.82, 2.24) is 20.3 Å². The molecule has 0 fully saturated rings. The molecule has 0 aromatic carbocycles. The molecule has 0 saturated carbocycles. The highest BCUT2D eigenvalue weighted by Crippen LogP contribution is 2.31. The van der Waals surface area contributed by atoms with Gasteiger partial charge in [0, 0.05) is 7.11 Å². The number of methoxy groups -OCH3 is 1. The van der Waals surface area contributed by atoms with E-state index in [2.05, 4.69) is 20.3 Å². The number of aromatic nitrogens is 4. The minimum atomic E-state index is -0.557. The molecular formula is C12H15N5O2. The van der Waals surface area contributed by atoms with E-state index in [1.54, 1.807) is 7.11 Å². The largest absolute Gasteiger partial charge is 0.370 e. The van der Waals surface area contributed by atoms with Crippen molar-refractivity contribution in [3.63, 3.8) is 0 Å². The molecule has 2 aromatic rings. The van der Waals surface area contributed by atoms with Gasteiger partial charge in [-0.2, -0.15) is 15.3 Å². The molecule has 0 spiro atoms. The lowest BCUT2D eigenvalue weighted by molar-refractivity contribution is -0.0306. The minimum absolute atomic E-state index is 0.267. The monoisotopic (exact) mass is 261 g/mol. The van der Waals surface area contributed by atoms with Gasteiger partial charge in [-0.1, -0.05) is 19.0 Å². The summed E-state index contributed by atoms with van der Waals surface area (Å²) in [7, 11) is 1.63. The van der Waals surface area contributed by atoms with Crippen molar-refractivity contribution in [2.75, 3.05) is 7.11 Å². The van der Waals surface area contributed by atoms with E-state index in [1.807, 2.05) is 19.9 Å². The van der Waals surface area contributed by atoms with Gasteiger partial charge < -0.3 is 9.26 Å². The molecule has 0 aliphatic carbocycles. The number of hydrogen-bond donors (Lipinski definition) is 1. The van der Waals surface area contributed by atoms with E-state index in [-0.39, 0.29) is 5.89 Å². The molecule has 7 heteroatoms. The Balaban J connectivity index is 2.42. The molecule has 0 aliphatic heterocycles. The van der Waals surface area contributed by atoms with Crippen molar-refractivity contribution < 1.29 is 9.26 Å². The van der Waals surface area contributed by atoms with Gasteiger partial charge in [-0.05, 0) is 12.8 Å². The highest BCUT2D eigenvalue weighted by atomic mass is 16.5. The van der Waals surface area contributed by atoms with Crippen LogP contribution < -0.4 is 0 Å². The first-order valence-electron chi connectivity index (χ1n) is 6.04. The zero-order valence-corrected chi connectivity index (χ0v) is 11.1. The summed E-state index contributed by atoms with van der Waals surface area (Å²) >= 11 is 0. The van der Waals surface area contributed by atoms with Gasteiger partial charge in [0.15, 0.2) is 0 Å². The first kappa shape index (κ1) is 13.2.